The molecule has 0 aliphatic rings. The summed E-state index contributed by atoms with van der Waals surface area (Å²) in [4.78, 5) is 22.2. The topological polar surface area (TPSA) is 67.5 Å². The van der Waals surface area contributed by atoms with Crippen molar-refractivity contribution in [3.63, 3.8) is 0 Å². The summed E-state index contributed by atoms with van der Waals surface area (Å²) in [5.74, 6) is -1.67. The average Bonchev–Trinajstić information content (AvgIpc) is 2.54. The van der Waals surface area contributed by atoms with E-state index < -0.39 is 11.8 Å². The first-order valence-electron chi connectivity index (χ1n) is 4.78. The van der Waals surface area contributed by atoms with Crippen LogP contribution >= 0.6 is 0 Å². The number of aliphatic carboxylic acids is 1. The summed E-state index contributed by atoms with van der Waals surface area (Å²) in [6, 6.07) is 4.83. The molecule has 0 atom stereocenters. The summed E-state index contributed by atoms with van der Waals surface area (Å²) in [7, 11) is 0. The van der Waals surface area contributed by atoms with Crippen molar-refractivity contribution in [3.8, 4) is 0 Å². The molecule has 1 N–H and O–H groups in total. The maximum Gasteiger partial charge on any atom is 0.377 e. The number of carbonyl (C=O) groups is 2. The molecule has 0 saturated carbocycles. The smallest absolute Gasteiger partial charge is 0.377 e. The monoisotopic (exact) mass is 218 g/mol. The standard InChI is InChI=1S/C12H10O4/c1-6-7(2)16-9-5-3-4-8(10(6)9)11(13)12(14)15/h3-5H,1-2H3,(H,14,15). The van der Waals surface area contributed by atoms with Gasteiger partial charge in [-0.3, -0.25) is 4.79 Å². The molecule has 0 amide bonds. The second kappa shape index (κ2) is 3.48. The Morgan fingerprint density at radius 2 is 1.94 bits per heavy atom. The number of carboxylic acid groups (broad SMARTS) is 1. The highest BCUT2D eigenvalue weighted by Gasteiger charge is 2.20. The minimum Gasteiger partial charge on any atom is -0.475 e. The number of furan rings is 1. The van der Waals surface area contributed by atoms with E-state index in [0.29, 0.717) is 16.7 Å². The Kier molecular flexibility index (Phi) is 2.27. The molecule has 0 bridgehead atoms. The van der Waals surface area contributed by atoms with Crippen LogP contribution in [0.25, 0.3) is 11.0 Å². The Labute approximate surface area is 91.5 Å². The van der Waals surface area contributed by atoms with Gasteiger partial charge in [-0.05, 0) is 31.5 Å². The highest BCUT2D eigenvalue weighted by atomic mass is 16.4. The van der Waals surface area contributed by atoms with E-state index in [2.05, 4.69) is 0 Å². The van der Waals surface area contributed by atoms with E-state index in [-0.39, 0.29) is 5.56 Å². The summed E-state index contributed by atoms with van der Waals surface area (Å²) < 4.78 is 5.42. The molecule has 4 heteroatoms. The van der Waals surface area contributed by atoms with Gasteiger partial charge in [-0.15, -0.1) is 0 Å². The van der Waals surface area contributed by atoms with Crippen molar-refractivity contribution in [2.75, 3.05) is 0 Å². The molecule has 1 heterocycles. The van der Waals surface area contributed by atoms with Crippen LogP contribution in [0.5, 0.6) is 0 Å². The number of hydrogen-bond donors (Lipinski definition) is 1. The lowest BCUT2D eigenvalue weighted by atomic mass is 10.0. The van der Waals surface area contributed by atoms with Gasteiger partial charge in [0.1, 0.15) is 11.3 Å². The quantitative estimate of drug-likeness (QED) is 0.620. The fourth-order valence-electron chi connectivity index (χ4n) is 1.72. The normalized spacial score (nSPS) is 10.6. The predicted molar refractivity (Wildman–Crippen MR) is 57.7 cm³/mol. The molecular weight excluding hydrogens is 208 g/mol. The van der Waals surface area contributed by atoms with Gasteiger partial charge in [0.05, 0.1) is 0 Å². The van der Waals surface area contributed by atoms with Crippen molar-refractivity contribution in [1.82, 2.24) is 0 Å². The summed E-state index contributed by atoms with van der Waals surface area (Å²) in [6.45, 7) is 3.59. The van der Waals surface area contributed by atoms with Gasteiger partial charge in [-0.2, -0.15) is 0 Å². The van der Waals surface area contributed by atoms with Gasteiger partial charge in [-0.1, -0.05) is 6.07 Å². The predicted octanol–water partition coefficient (Wildman–Crippen LogP) is 2.32. The van der Waals surface area contributed by atoms with Crippen molar-refractivity contribution in [2.45, 2.75) is 13.8 Å². The Bertz CT molecular complexity index is 592. The van der Waals surface area contributed by atoms with Crippen LogP contribution in [-0.4, -0.2) is 16.9 Å². The first-order valence-corrected chi connectivity index (χ1v) is 4.78. The summed E-state index contributed by atoms with van der Waals surface area (Å²) in [6.07, 6.45) is 0. The van der Waals surface area contributed by atoms with Crippen LogP contribution in [-0.2, 0) is 4.79 Å². The Morgan fingerprint density at radius 3 is 2.56 bits per heavy atom. The number of ketones is 1. The molecule has 0 spiro atoms. The van der Waals surface area contributed by atoms with Crippen molar-refractivity contribution in [2.24, 2.45) is 0 Å². The lowest BCUT2D eigenvalue weighted by Crippen LogP contribution is -2.12. The minimum atomic E-state index is -1.45. The van der Waals surface area contributed by atoms with Crippen molar-refractivity contribution < 1.29 is 19.1 Å². The molecule has 0 unspecified atom stereocenters. The molecule has 0 saturated heterocycles. The Morgan fingerprint density at radius 1 is 1.25 bits per heavy atom. The van der Waals surface area contributed by atoms with E-state index >= 15 is 0 Å². The molecule has 4 nitrogen and oxygen atoms in total. The minimum absolute atomic E-state index is 0.180. The maximum absolute atomic E-state index is 11.5. The lowest BCUT2D eigenvalue weighted by Gasteiger charge is -1.98. The average molecular weight is 218 g/mol. The van der Waals surface area contributed by atoms with Gasteiger partial charge in [0.25, 0.3) is 5.78 Å². The van der Waals surface area contributed by atoms with Crippen LogP contribution in [0.2, 0.25) is 0 Å². The summed E-state index contributed by atoms with van der Waals surface area (Å²) >= 11 is 0. The van der Waals surface area contributed by atoms with Gasteiger partial charge in [0.15, 0.2) is 0 Å². The number of carbonyl (C=O) groups excluding carboxylic acids is 1. The number of carboxylic acids is 1. The second-order valence-corrected chi connectivity index (χ2v) is 3.60. The molecule has 0 fully saturated rings. The van der Waals surface area contributed by atoms with Crippen LogP contribution in [0, 0.1) is 13.8 Å². The fourth-order valence-corrected chi connectivity index (χ4v) is 1.72. The third-order valence-electron chi connectivity index (χ3n) is 2.63. The number of hydrogen-bond acceptors (Lipinski definition) is 3. The lowest BCUT2D eigenvalue weighted by molar-refractivity contribution is -0.131. The maximum atomic E-state index is 11.5. The van der Waals surface area contributed by atoms with E-state index in [0.717, 1.165) is 5.56 Å². The van der Waals surface area contributed by atoms with Crippen LogP contribution in [0.15, 0.2) is 22.6 Å². The van der Waals surface area contributed by atoms with Gasteiger partial charge in [0.2, 0.25) is 0 Å². The van der Waals surface area contributed by atoms with Gasteiger partial charge < -0.3 is 9.52 Å². The molecule has 82 valence electrons. The van der Waals surface area contributed by atoms with Crippen molar-refractivity contribution in [3.05, 3.63) is 35.1 Å². The molecule has 0 aliphatic heterocycles. The highest BCUT2D eigenvalue weighted by molar-refractivity contribution is 6.42. The van der Waals surface area contributed by atoms with Gasteiger partial charge >= 0.3 is 5.97 Å². The number of rotatable bonds is 2. The van der Waals surface area contributed by atoms with E-state index in [1.807, 2.05) is 0 Å². The third kappa shape index (κ3) is 1.39. The number of Topliss-reactive ketones (excluding diaryl/α,β-unsaturated/α-hetero) is 1. The SMILES string of the molecule is Cc1oc2cccc(C(=O)C(=O)O)c2c1C. The Hall–Kier alpha value is -2.10. The molecule has 1 aromatic carbocycles. The highest BCUT2D eigenvalue weighted by Crippen LogP contribution is 2.28. The van der Waals surface area contributed by atoms with Crippen LogP contribution in [0.1, 0.15) is 21.7 Å². The third-order valence-corrected chi connectivity index (χ3v) is 2.63. The zero-order valence-electron chi connectivity index (χ0n) is 8.90. The molecule has 0 aliphatic carbocycles. The molecule has 1 aromatic heterocycles. The van der Waals surface area contributed by atoms with Crippen molar-refractivity contribution >= 4 is 22.7 Å². The fraction of sp³-hybridized carbons (Fsp3) is 0.167. The van der Waals surface area contributed by atoms with Crippen LogP contribution in [0.4, 0.5) is 0 Å². The zero-order chi connectivity index (χ0) is 11.9. The number of benzene rings is 1. The van der Waals surface area contributed by atoms with Crippen LogP contribution in [0.3, 0.4) is 0 Å². The molecule has 16 heavy (non-hydrogen) atoms. The molecular formula is C12H10O4. The number of aryl methyl sites for hydroxylation is 2. The van der Waals surface area contributed by atoms with Gasteiger partial charge in [0, 0.05) is 10.9 Å². The van der Waals surface area contributed by atoms with Crippen LogP contribution < -0.4 is 0 Å². The molecule has 0 radical (unpaired) electrons. The van der Waals surface area contributed by atoms with E-state index in [4.69, 9.17) is 9.52 Å². The molecule has 2 aromatic rings. The van der Waals surface area contributed by atoms with E-state index in [1.165, 1.54) is 6.07 Å². The van der Waals surface area contributed by atoms with E-state index in [1.54, 1.807) is 26.0 Å². The first kappa shape index (κ1) is 10.4. The van der Waals surface area contributed by atoms with Crippen molar-refractivity contribution in [1.29, 1.82) is 0 Å². The Balaban J connectivity index is 2.80. The second-order valence-electron chi connectivity index (χ2n) is 3.60. The molecule has 2 rings (SSSR count). The first-order chi connectivity index (χ1) is 7.52. The number of fused-ring (bicyclic) bond motifs is 1. The zero-order valence-corrected chi connectivity index (χ0v) is 8.90. The van der Waals surface area contributed by atoms with Gasteiger partial charge in [-0.25, -0.2) is 4.79 Å². The summed E-state index contributed by atoms with van der Waals surface area (Å²) in [5.41, 5.74) is 1.53. The van der Waals surface area contributed by atoms with E-state index in [9.17, 15) is 9.59 Å². The largest absolute Gasteiger partial charge is 0.475 e. The summed E-state index contributed by atoms with van der Waals surface area (Å²) in [5, 5.41) is 9.30.